The number of hydrogen-bond acceptors (Lipinski definition) is 1. The van der Waals surface area contributed by atoms with Crippen molar-refractivity contribution in [2.24, 2.45) is 5.73 Å². The van der Waals surface area contributed by atoms with Crippen molar-refractivity contribution in [3.05, 3.63) is 0 Å². The molecule has 7 heavy (non-hydrogen) atoms. The van der Waals surface area contributed by atoms with Crippen molar-refractivity contribution >= 4 is 0 Å². The molecule has 0 unspecified atom stereocenters. The molecule has 0 spiro atoms. The summed E-state index contributed by atoms with van der Waals surface area (Å²) in [5, 5.41) is 0. The minimum atomic E-state index is 0. The van der Waals surface area contributed by atoms with Gasteiger partial charge in [0.1, 0.15) is 0 Å². The van der Waals surface area contributed by atoms with Crippen molar-refractivity contribution in [2.75, 3.05) is 6.54 Å². The Hall–Kier alpha value is -0.0400. The molecule has 0 bridgehead atoms. The third kappa shape index (κ3) is 5.96. The molecule has 0 heterocycles. The summed E-state index contributed by atoms with van der Waals surface area (Å²) in [5.74, 6) is 0. The van der Waals surface area contributed by atoms with Crippen LogP contribution in [0, 0.1) is 0 Å². The molecule has 0 rings (SSSR count). The summed E-state index contributed by atoms with van der Waals surface area (Å²) < 4.78 is 0. The Labute approximate surface area is 47.4 Å². The Morgan fingerprint density at radius 2 is 2.00 bits per heavy atom. The van der Waals surface area contributed by atoms with E-state index < -0.39 is 0 Å². The second-order valence-electron chi connectivity index (χ2n) is 1.85. The third-order valence-corrected chi connectivity index (χ3v) is 1.06. The number of rotatable bonds is 4. The van der Waals surface area contributed by atoms with E-state index in [9.17, 15) is 0 Å². The second-order valence-corrected chi connectivity index (χ2v) is 1.85. The molecule has 0 aliphatic carbocycles. The van der Waals surface area contributed by atoms with Crippen LogP contribution in [0.25, 0.3) is 0 Å². The highest BCUT2D eigenvalue weighted by atomic mass is 14.5. The van der Waals surface area contributed by atoms with Crippen LogP contribution in [-0.4, -0.2) is 6.54 Å². The normalized spacial score (nSPS) is 9.43. The van der Waals surface area contributed by atoms with Gasteiger partial charge in [0.05, 0.1) is 0 Å². The van der Waals surface area contributed by atoms with Crippen LogP contribution in [0.5, 0.6) is 0 Å². The Morgan fingerprint density at radius 1 is 1.29 bits per heavy atom. The van der Waals surface area contributed by atoms with Gasteiger partial charge in [0.25, 0.3) is 0 Å². The van der Waals surface area contributed by atoms with Gasteiger partial charge in [-0.25, -0.2) is 0 Å². The number of unbranched alkanes of at least 4 members (excludes halogenated alkanes) is 3. The average molecular weight is 102 g/mol. The summed E-state index contributed by atoms with van der Waals surface area (Å²) in [6.45, 7) is 3.07. The molecule has 0 fully saturated rings. The minimum Gasteiger partial charge on any atom is -0.330 e. The van der Waals surface area contributed by atoms with Crippen molar-refractivity contribution in [2.45, 2.75) is 32.6 Å². The molecule has 0 aromatic heterocycles. The molecule has 0 aromatic carbocycles. The van der Waals surface area contributed by atoms with Crippen LogP contribution in [0.3, 0.4) is 0 Å². The molecule has 1 heteroatoms. The van der Waals surface area contributed by atoms with E-state index in [0.29, 0.717) is 0 Å². The molecular weight excluding hydrogens is 86.1 g/mol. The Balaban J connectivity index is 0. The van der Waals surface area contributed by atoms with E-state index in [2.05, 4.69) is 6.92 Å². The van der Waals surface area contributed by atoms with Gasteiger partial charge in [0, 0.05) is 1.43 Å². The Bertz CT molecular complexity index is 27.7. The first-order chi connectivity index (χ1) is 3.41. The highest BCUT2D eigenvalue weighted by Crippen LogP contribution is 1.95. The summed E-state index contributed by atoms with van der Waals surface area (Å²) in [6.07, 6.45) is 5.16. The monoisotopic (exact) mass is 102 g/mol. The van der Waals surface area contributed by atoms with Crippen molar-refractivity contribution in [1.82, 2.24) is 0 Å². The molecule has 1 radical (unpaired) electrons. The molecule has 1 nitrogen and oxygen atoms in total. The number of nitrogens with two attached hydrogens (primary N) is 1. The minimum absolute atomic E-state index is 0. The van der Waals surface area contributed by atoms with Crippen LogP contribution in [0.15, 0.2) is 0 Å². The maximum atomic E-state index is 5.27. The van der Waals surface area contributed by atoms with Gasteiger partial charge in [0.2, 0.25) is 0 Å². The second kappa shape index (κ2) is 5.96. The van der Waals surface area contributed by atoms with Gasteiger partial charge in [-0.3, -0.25) is 0 Å². The summed E-state index contributed by atoms with van der Waals surface area (Å²) in [4.78, 5) is 0. The molecular formula is C6H16N. The van der Waals surface area contributed by atoms with Crippen molar-refractivity contribution in [3.63, 3.8) is 0 Å². The van der Waals surface area contributed by atoms with Crippen LogP contribution >= 0.6 is 0 Å². The zero-order valence-electron chi connectivity index (χ0n) is 6.11. The van der Waals surface area contributed by atoms with Crippen LogP contribution < -0.4 is 5.73 Å². The molecule has 45 valence electrons. The lowest BCUT2D eigenvalue weighted by Crippen LogP contribution is -1.97. The molecule has 0 aliphatic rings. The van der Waals surface area contributed by atoms with Gasteiger partial charge in [-0.2, -0.15) is 0 Å². The van der Waals surface area contributed by atoms with Gasteiger partial charge in [-0.05, 0) is 13.0 Å². The Kier molecular flexibility index (Phi) is 5.93. The fraction of sp³-hybridized carbons (Fsp3) is 1.00. The van der Waals surface area contributed by atoms with Crippen molar-refractivity contribution in [1.29, 1.82) is 0 Å². The van der Waals surface area contributed by atoms with Gasteiger partial charge < -0.3 is 5.73 Å². The molecule has 0 aromatic rings. The maximum absolute atomic E-state index is 5.27. The zero-order chi connectivity index (χ0) is 5.54. The topological polar surface area (TPSA) is 26.0 Å². The molecule has 2 N–H and O–H groups in total. The molecule has 0 atom stereocenters. The summed E-state index contributed by atoms with van der Waals surface area (Å²) in [7, 11) is 0. The van der Waals surface area contributed by atoms with Crippen molar-refractivity contribution < 1.29 is 1.43 Å². The summed E-state index contributed by atoms with van der Waals surface area (Å²) in [6, 6.07) is 0. The van der Waals surface area contributed by atoms with Gasteiger partial charge in [-0.15, -0.1) is 0 Å². The summed E-state index contributed by atoms with van der Waals surface area (Å²) in [5.41, 5.74) is 5.27. The SMILES string of the molecule is CCCCCCN.[H]. The van der Waals surface area contributed by atoms with E-state index >= 15 is 0 Å². The van der Waals surface area contributed by atoms with E-state index in [1.807, 2.05) is 0 Å². The standard InChI is InChI=1S/C6H15N.H/c1-2-3-4-5-6-7;/h2-7H2,1H3;. The third-order valence-electron chi connectivity index (χ3n) is 1.06. The summed E-state index contributed by atoms with van der Waals surface area (Å²) >= 11 is 0. The first kappa shape index (κ1) is 6.96. The lowest BCUT2D eigenvalue weighted by Gasteiger charge is -1.90. The molecule has 0 saturated carbocycles. The largest absolute Gasteiger partial charge is 0.330 e. The molecule has 0 aliphatic heterocycles. The van der Waals surface area contributed by atoms with Crippen LogP contribution in [-0.2, 0) is 0 Å². The first-order valence-corrected chi connectivity index (χ1v) is 3.12. The van der Waals surface area contributed by atoms with Gasteiger partial charge >= 0.3 is 0 Å². The number of hydrogen-bond donors (Lipinski definition) is 1. The highest BCUT2D eigenvalue weighted by molar-refractivity contribution is 4.38. The fourth-order valence-corrected chi connectivity index (χ4v) is 0.571. The van der Waals surface area contributed by atoms with E-state index in [-0.39, 0.29) is 1.43 Å². The predicted octanol–water partition coefficient (Wildman–Crippen LogP) is 1.64. The smallest absolute Gasteiger partial charge is 0 e. The van der Waals surface area contributed by atoms with E-state index in [0.717, 1.165) is 6.54 Å². The van der Waals surface area contributed by atoms with E-state index in [1.165, 1.54) is 25.7 Å². The lowest BCUT2D eigenvalue weighted by molar-refractivity contribution is 0.674. The van der Waals surface area contributed by atoms with Crippen LogP contribution in [0.1, 0.15) is 34.0 Å². The van der Waals surface area contributed by atoms with Gasteiger partial charge in [-0.1, -0.05) is 26.2 Å². The lowest BCUT2D eigenvalue weighted by atomic mass is 10.2. The van der Waals surface area contributed by atoms with Crippen molar-refractivity contribution in [3.8, 4) is 0 Å². The zero-order valence-corrected chi connectivity index (χ0v) is 5.11. The average Bonchev–Trinajstić information content (AvgIpc) is 1.69. The molecule has 0 saturated heterocycles. The fourth-order valence-electron chi connectivity index (χ4n) is 0.571. The van der Waals surface area contributed by atoms with Crippen LogP contribution in [0.4, 0.5) is 0 Å². The quantitative estimate of drug-likeness (QED) is 0.536. The molecule has 0 amide bonds. The maximum Gasteiger partial charge on any atom is 0 e. The van der Waals surface area contributed by atoms with Gasteiger partial charge in [0.15, 0.2) is 0 Å². The van der Waals surface area contributed by atoms with Crippen LogP contribution in [0.2, 0.25) is 0 Å². The first-order valence-electron chi connectivity index (χ1n) is 3.12. The Morgan fingerprint density at radius 3 is 2.43 bits per heavy atom. The van der Waals surface area contributed by atoms with E-state index in [4.69, 9.17) is 5.73 Å². The highest BCUT2D eigenvalue weighted by Gasteiger charge is 1.80. The predicted molar refractivity (Wildman–Crippen MR) is 34.3 cm³/mol. The van der Waals surface area contributed by atoms with E-state index in [1.54, 1.807) is 0 Å².